The lowest BCUT2D eigenvalue weighted by atomic mass is 10.1. The summed E-state index contributed by atoms with van der Waals surface area (Å²) in [6, 6.07) is 0. The number of hydrogen-bond donors (Lipinski definition) is 3. The minimum Gasteiger partial charge on any atom is -0.390 e. The fourth-order valence-electron chi connectivity index (χ4n) is 1.92. The first kappa shape index (κ1) is 12.0. The Hall–Kier alpha value is -1.44. The first-order valence-electron chi connectivity index (χ1n) is 5.31. The van der Waals surface area contributed by atoms with Crippen LogP contribution in [0.5, 0.6) is 0 Å². The van der Waals surface area contributed by atoms with Crippen LogP contribution in [0, 0.1) is 6.92 Å². The molecule has 1 fully saturated rings. The Morgan fingerprint density at radius 1 is 1.65 bits per heavy atom. The summed E-state index contributed by atoms with van der Waals surface area (Å²) in [4.78, 5) is 25.1. The van der Waals surface area contributed by atoms with Crippen molar-refractivity contribution in [2.24, 2.45) is 5.73 Å². The van der Waals surface area contributed by atoms with Crippen molar-refractivity contribution < 1.29 is 9.84 Å². The van der Waals surface area contributed by atoms with Gasteiger partial charge in [0.25, 0.3) is 5.56 Å². The second kappa shape index (κ2) is 3.80. The maximum absolute atomic E-state index is 11.7. The molecule has 1 aromatic heterocycles. The minimum atomic E-state index is -1.41. The van der Waals surface area contributed by atoms with Gasteiger partial charge in [-0.3, -0.25) is 20.1 Å². The number of aliphatic hydroxyl groups is 1. The van der Waals surface area contributed by atoms with Crippen LogP contribution in [-0.2, 0) is 10.6 Å². The highest BCUT2D eigenvalue weighted by molar-refractivity contribution is 5.03. The van der Waals surface area contributed by atoms with Gasteiger partial charge in [-0.2, -0.15) is 0 Å². The lowest BCUT2D eigenvalue weighted by Crippen LogP contribution is -2.50. The van der Waals surface area contributed by atoms with Gasteiger partial charge in [0.15, 0.2) is 0 Å². The number of nitrogens with zero attached hydrogens (tertiary/aromatic N) is 1. The van der Waals surface area contributed by atoms with Crippen molar-refractivity contribution in [3.63, 3.8) is 0 Å². The van der Waals surface area contributed by atoms with Crippen molar-refractivity contribution >= 4 is 0 Å². The summed E-state index contributed by atoms with van der Waals surface area (Å²) in [7, 11) is 0. The maximum Gasteiger partial charge on any atom is 0.331 e. The molecule has 4 N–H and O–H groups in total. The standard InChI is InChI=1S/C10H15N3O4/c1-5-4-13(9(16)12-8(5)15)10(11)3-7(14)6(2)17-10/h4,6-7,14H,3,11H2,1-2H3,(H,12,15,16)/t6-,7+,10+/m1/s1. The van der Waals surface area contributed by atoms with Crippen molar-refractivity contribution in [1.82, 2.24) is 9.55 Å². The molecule has 7 nitrogen and oxygen atoms in total. The van der Waals surface area contributed by atoms with Crippen LogP contribution in [-0.4, -0.2) is 26.9 Å². The van der Waals surface area contributed by atoms with Gasteiger partial charge in [0.05, 0.1) is 12.2 Å². The van der Waals surface area contributed by atoms with Crippen LogP contribution in [0.1, 0.15) is 18.9 Å². The number of hydrogen-bond acceptors (Lipinski definition) is 5. The van der Waals surface area contributed by atoms with Gasteiger partial charge in [-0.05, 0) is 13.8 Å². The number of nitrogens with one attached hydrogen (secondary N) is 1. The molecule has 1 saturated heterocycles. The van der Waals surface area contributed by atoms with Gasteiger partial charge in [-0.15, -0.1) is 0 Å². The number of aryl methyl sites for hydroxylation is 1. The Morgan fingerprint density at radius 2 is 2.29 bits per heavy atom. The van der Waals surface area contributed by atoms with Gasteiger partial charge in [-0.1, -0.05) is 0 Å². The van der Waals surface area contributed by atoms with Gasteiger partial charge in [0.2, 0.25) is 5.85 Å². The van der Waals surface area contributed by atoms with Gasteiger partial charge >= 0.3 is 5.69 Å². The molecule has 1 aliphatic rings. The summed E-state index contributed by atoms with van der Waals surface area (Å²) in [5.41, 5.74) is 5.19. The fourth-order valence-corrected chi connectivity index (χ4v) is 1.92. The number of aromatic nitrogens is 2. The van der Waals surface area contributed by atoms with E-state index in [1.165, 1.54) is 6.20 Å². The molecule has 0 saturated carbocycles. The van der Waals surface area contributed by atoms with E-state index in [-0.39, 0.29) is 6.42 Å². The lowest BCUT2D eigenvalue weighted by Gasteiger charge is -2.25. The Morgan fingerprint density at radius 3 is 2.82 bits per heavy atom. The third-order valence-electron chi connectivity index (χ3n) is 2.96. The first-order valence-corrected chi connectivity index (χ1v) is 5.31. The molecule has 0 radical (unpaired) electrons. The van der Waals surface area contributed by atoms with Crippen LogP contribution in [0.15, 0.2) is 15.8 Å². The molecule has 1 aromatic rings. The zero-order valence-corrected chi connectivity index (χ0v) is 9.64. The molecule has 1 aliphatic heterocycles. The number of ether oxygens (including phenoxy) is 1. The Balaban J connectivity index is 2.52. The monoisotopic (exact) mass is 241 g/mol. The highest BCUT2D eigenvalue weighted by Gasteiger charge is 2.43. The smallest absolute Gasteiger partial charge is 0.331 e. The van der Waals surface area contributed by atoms with Crippen LogP contribution in [0.3, 0.4) is 0 Å². The van der Waals surface area contributed by atoms with E-state index in [4.69, 9.17) is 10.5 Å². The van der Waals surface area contributed by atoms with Crippen LogP contribution >= 0.6 is 0 Å². The average Bonchev–Trinajstić information content (AvgIpc) is 2.48. The van der Waals surface area contributed by atoms with Gasteiger partial charge < -0.3 is 9.84 Å². The van der Waals surface area contributed by atoms with E-state index in [0.29, 0.717) is 5.56 Å². The molecule has 17 heavy (non-hydrogen) atoms. The lowest BCUT2D eigenvalue weighted by molar-refractivity contribution is -0.0958. The average molecular weight is 241 g/mol. The number of rotatable bonds is 1. The van der Waals surface area contributed by atoms with Gasteiger partial charge in [0, 0.05) is 18.2 Å². The highest BCUT2D eigenvalue weighted by Crippen LogP contribution is 2.29. The predicted molar refractivity (Wildman–Crippen MR) is 59.4 cm³/mol. The largest absolute Gasteiger partial charge is 0.390 e. The van der Waals surface area contributed by atoms with Crippen LogP contribution in [0.2, 0.25) is 0 Å². The normalized spacial score (nSPS) is 32.9. The number of H-pyrrole nitrogens is 1. The summed E-state index contributed by atoms with van der Waals surface area (Å²) >= 11 is 0. The Labute approximate surface area is 96.8 Å². The molecule has 94 valence electrons. The summed E-state index contributed by atoms with van der Waals surface area (Å²) in [5, 5.41) is 9.62. The van der Waals surface area contributed by atoms with Crippen molar-refractivity contribution in [3.8, 4) is 0 Å². The molecule has 2 heterocycles. The number of aromatic amines is 1. The Bertz CT molecular complexity index is 537. The van der Waals surface area contributed by atoms with E-state index in [0.717, 1.165) is 4.57 Å². The van der Waals surface area contributed by atoms with Crippen LogP contribution in [0.25, 0.3) is 0 Å². The van der Waals surface area contributed by atoms with Gasteiger partial charge in [-0.25, -0.2) is 4.79 Å². The summed E-state index contributed by atoms with van der Waals surface area (Å²) in [6.07, 6.45) is 0.240. The zero-order valence-electron chi connectivity index (χ0n) is 9.64. The predicted octanol–water partition coefficient (Wildman–Crippen LogP) is -1.42. The minimum absolute atomic E-state index is 0.0968. The molecule has 0 amide bonds. The molecule has 0 spiro atoms. The molecule has 0 unspecified atom stereocenters. The summed E-state index contributed by atoms with van der Waals surface area (Å²) < 4.78 is 6.50. The van der Waals surface area contributed by atoms with Crippen molar-refractivity contribution in [2.45, 2.75) is 38.3 Å². The van der Waals surface area contributed by atoms with E-state index in [9.17, 15) is 14.7 Å². The van der Waals surface area contributed by atoms with E-state index >= 15 is 0 Å². The summed E-state index contributed by atoms with van der Waals surface area (Å²) in [5.74, 6) is -1.41. The fraction of sp³-hybridized carbons (Fsp3) is 0.600. The zero-order chi connectivity index (χ0) is 12.8. The third kappa shape index (κ3) is 1.92. The van der Waals surface area contributed by atoms with Crippen LogP contribution < -0.4 is 17.0 Å². The molecular formula is C10H15N3O4. The van der Waals surface area contributed by atoms with E-state index in [2.05, 4.69) is 4.98 Å². The SMILES string of the molecule is Cc1cn([C@@]2(N)C[C@H](O)[C@@H](C)O2)c(=O)[nH]c1=O. The maximum atomic E-state index is 11.7. The second-order valence-corrected chi connectivity index (χ2v) is 4.38. The second-order valence-electron chi connectivity index (χ2n) is 4.38. The van der Waals surface area contributed by atoms with Crippen molar-refractivity contribution in [2.75, 3.05) is 0 Å². The molecule has 2 rings (SSSR count). The van der Waals surface area contributed by atoms with Crippen molar-refractivity contribution in [1.29, 1.82) is 0 Å². The van der Waals surface area contributed by atoms with E-state index in [1.807, 2.05) is 0 Å². The number of nitrogens with two attached hydrogens (primary N) is 1. The topological polar surface area (TPSA) is 110 Å². The molecule has 7 heteroatoms. The quantitative estimate of drug-likeness (QED) is 0.559. The van der Waals surface area contributed by atoms with E-state index < -0.39 is 29.3 Å². The van der Waals surface area contributed by atoms with Crippen molar-refractivity contribution in [3.05, 3.63) is 32.6 Å². The molecule has 0 aliphatic carbocycles. The third-order valence-corrected chi connectivity index (χ3v) is 2.96. The molecular weight excluding hydrogens is 226 g/mol. The molecule has 0 bridgehead atoms. The number of aliphatic hydroxyl groups excluding tert-OH is 1. The van der Waals surface area contributed by atoms with Crippen LogP contribution in [0.4, 0.5) is 0 Å². The Kier molecular flexibility index (Phi) is 2.69. The highest BCUT2D eigenvalue weighted by atomic mass is 16.6. The summed E-state index contributed by atoms with van der Waals surface area (Å²) in [6.45, 7) is 3.23. The molecule has 0 aromatic carbocycles. The molecule has 3 atom stereocenters. The van der Waals surface area contributed by atoms with Gasteiger partial charge in [0.1, 0.15) is 0 Å². The first-order chi connectivity index (χ1) is 7.83. The van der Waals surface area contributed by atoms with E-state index in [1.54, 1.807) is 13.8 Å².